The van der Waals surface area contributed by atoms with Gasteiger partial charge in [-0.3, -0.25) is 10.1 Å². The van der Waals surface area contributed by atoms with E-state index in [9.17, 15) is 18.9 Å². The Bertz CT molecular complexity index is 600. The van der Waals surface area contributed by atoms with Crippen LogP contribution in [0.4, 0.5) is 14.7 Å². The van der Waals surface area contributed by atoms with E-state index in [1.807, 2.05) is 0 Å². The Kier molecular flexibility index (Phi) is 3.42. The summed E-state index contributed by atoms with van der Waals surface area (Å²) in [6, 6.07) is 5.95. The van der Waals surface area contributed by atoms with Crippen molar-refractivity contribution in [1.29, 1.82) is 0 Å². The number of furan rings is 1. The zero-order valence-corrected chi connectivity index (χ0v) is 10.4. The first-order valence-corrected chi connectivity index (χ1v) is 5.73. The Balaban J connectivity index is 2.31. The van der Waals surface area contributed by atoms with Crippen molar-refractivity contribution < 1.29 is 18.1 Å². The van der Waals surface area contributed by atoms with Gasteiger partial charge in [0.1, 0.15) is 10.7 Å². The van der Waals surface area contributed by atoms with Crippen LogP contribution >= 0.6 is 15.9 Å². The summed E-state index contributed by atoms with van der Waals surface area (Å²) in [5.74, 6) is -2.10. The van der Waals surface area contributed by atoms with Gasteiger partial charge in [-0.05, 0) is 23.8 Å². The van der Waals surface area contributed by atoms with E-state index in [2.05, 4.69) is 15.9 Å². The van der Waals surface area contributed by atoms with E-state index >= 15 is 0 Å². The fraction of sp³-hybridized carbons (Fsp3) is 0.0909. The van der Waals surface area contributed by atoms with Crippen molar-refractivity contribution in [2.75, 3.05) is 0 Å². The highest BCUT2D eigenvalue weighted by molar-refractivity contribution is 9.09. The normalized spacial score (nSPS) is 12.4. The van der Waals surface area contributed by atoms with Crippen molar-refractivity contribution in [3.63, 3.8) is 0 Å². The van der Waals surface area contributed by atoms with Crippen LogP contribution in [0.15, 0.2) is 34.7 Å². The minimum atomic E-state index is -0.988. The second-order valence-corrected chi connectivity index (χ2v) is 4.38. The van der Waals surface area contributed by atoms with Crippen LogP contribution in [0.5, 0.6) is 0 Å². The summed E-state index contributed by atoms with van der Waals surface area (Å²) in [5.41, 5.74) is 0.401. The maximum atomic E-state index is 13.1. The van der Waals surface area contributed by atoms with Gasteiger partial charge >= 0.3 is 5.88 Å². The largest absolute Gasteiger partial charge is 0.433 e. The number of hydrogen-bond donors (Lipinski definition) is 0. The molecule has 2 rings (SSSR count). The summed E-state index contributed by atoms with van der Waals surface area (Å²) in [6.07, 6.45) is 0. The molecule has 0 saturated heterocycles. The zero-order valence-electron chi connectivity index (χ0n) is 8.77. The minimum Gasteiger partial charge on any atom is -0.404 e. The highest BCUT2D eigenvalue weighted by Crippen LogP contribution is 2.34. The highest BCUT2D eigenvalue weighted by atomic mass is 79.9. The van der Waals surface area contributed by atoms with Crippen LogP contribution in [-0.4, -0.2) is 4.92 Å². The Morgan fingerprint density at radius 3 is 2.50 bits per heavy atom. The maximum absolute atomic E-state index is 13.1. The average Bonchev–Trinajstić information content (AvgIpc) is 2.81. The molecule has 0 bridgehead atoms. The Labute approximate surface area is 108 Å². The Morgan fingerprint density at radius 2 is 1.94 bits per heavy atom. The molecular weight excluding hydrogens is 312 g/mol. The molecule has 94 valence electrons. The molecule has 0 spiro atoms. The first kappa shape index (κ1) is 12.7. The summed E-state index contributed by atoms with van der Waals surface area (Å²) in [6.45, 7) is 0. The van der Waals surface area contributed by atoms with Crippen LogP contribution in [0.2, 0.25) is 0 Å². The van der Waals surface area contributed by atoms with Crippen molar-refractivity contribution >= 4 is 21.8 Å². The number of alkyl halides is 1. The van der Waals surface area contributed by atoms with Gasteiger partial charge in [0.05, 0.1) is 10.9 Å². The maximum Gasteiger partial charge on any atom is 0.433 e. The SMILES string of the molecule is O=[N+]([O-])c1ccc(C(Br)c2ccc(F)c(F)c2)o1. The molecule has 1 aromatic carbocycles. The Hall–Kier alpha value is -1.76. The van der Waals surface area contributed by atoms with Crippen LogP contribution in [0, 0.1) is 21.7 Å². The van der Waals surface area contributed by atoms with Gasteiger partial charge in [-0.1, -0.05) is 22.0 Å². The summed E-state index contributed by atoms with van der Waals surface area (Å²) in [7, 11) is 0. The standard InChI is InChI=1S/C11H6BrF2NO3/c12-11(6-1-2-7(13)8(14)5-6)9-3-4-10(18-9)15(16)17/h1-5,11H. The van der Waals surface area contributed by atoms with E-state index in [1.165, 1.54) is 18.2 Å². The summed E-state index contributed by atoms with van der Waals surface area (Å²) < 4.78 is 30.8. The third-order valence-corrected chi connectivity index (χ3v) is 3.26. The van der Waals surface area contributed by atoms with Crippen LogP contribution in [0.3, 0.4) is 0 Å². The third-order valence-electron chi connectivity index (χ3n) is 2.28. The lowest BCUT2D eigenvalue weighted by atomic mass is 10.1. The van der Waals surface area contributed by atoms with Gasteiger partial charge in [0.15, 0.2) is 11.6 Å². The molecule has 1 aromatic heterocycles. The number of nitrogens with zero attached hydrogens (tertiary/aromatic N) is 1. The summed E-state index contributed by atoms with van der Waals surface area (Å²) in [4.78, 5) is 9.20. The van der Waals surface area contributed by atoms with Gasteiger partial charge in [0.2, 0.25) is 0 Å². The molecule has 0 aliphatic rings. The Morgan fingerprint density at radius 1 is 1.22 bits per heavy atom. The molecular formula is C11H6BrF2NO3. The van der Waals surface area contributed by atoms with Gasteiger partial charge in [0, 0.05) is 0 Å². The molecule has 0 amide bonds. The molecule has 2 aromatic rings. The van der Waals surface area contributed by atoms with Gasteiger partial charge in [0.25, 0.3) is 0 Å². The molecule has 1 heterocycles. The quantitative estimate of drug-likeness (QED) is 0.489. The van der Waals surface area contributed by atoms with Crippen LogP contribution in [0.1, 0.15) is 16.2 Å². The summed E-state index contributed by atoms with van der Waals surface area (Å²) >= 11 is 3.21. The lowest BCUT2D eigenvalue weighted by Crippen LogP contribution is -1.94. The lowest BCUT2D eigenvalue weighted by Gasteiger charge is -2.06. The third kappa shape index (κ3) is 2.40. The van der Waals surface area contributed by atoms with Crippen molar-refractivity contribution in [3.05, 3.63) is 63.4 Å². The van der Waals surface area contributed by atoms with E-state index < -0.39 is 27.3 Å². The van der Waals surface area contributed by atoms with Gasteiger partial charge < -0.3 is 4.42 Å². The molecule has 7 heteroatoms. The molecule has 18 heavy (non-hydrogen) atoms. The molecule has 4 nitrogen and oxygen atoms in total. The minimum absolute atomic E-state index is 0.243. The topological polar surface area (TPSA) is 56.3 Å². The second kappa shape index (κ2) is 4.85. The molecule has 0 saturated carbocycles. The number of halogens is 3. The first-order chi connectivity index (χ1) is 8.49. The highest BCUT2D eigenvalue weighted by Gasteiger charge is 2.20. The van der Waals surface area contributed by atoms with Gasteiger partial charge in [-0.25, -0.2) is 8.78 Å². The monoisotopic (exact) mass is 317 g/mol. The zero-order chi connectivity index (χ0) is 13.3. The van der Waals surface area contributed by atoms with E-state index in [4.69, 9.17) is 4.42 Å². The molecule has 0 radical (unpaired) electrons. The van der Waals surface area contributed by atoms with E-state index in [0.29, 0.717) is 5.56 Å². The summed E-state index contributed by atoms with van der Waals surface area (Å²) in [5, 5.41) is 10.5. The fourth-order valence-electron chi connectivity index (χ4n) is 1.41. The van der Waals surface area contributed by atoms with Crippen LogP contribution in [-0.2, 0) is 0 Å². The second-order valence-electron chi connectivity index (χ2n) is 3.47. The average molecular weight is 318 g/mol. The smallest absolute Gasteiger partial charge is 0.404 e. The number of benzene rings is 1. The van der Waals surface area contributed by atoms with Gasteiger partial charge in [-0.2, -0.15) is 0 Å². The molecule has 0 aliphatic carbocycles. The first-order valence-electron chi connectivity index (χ1n) is 4.82. The van der Waals surface area contributed by atoms with Gasteiger partial charge in [-0.15, -0.1) is 0 Å². The molecule has 1 atom stereocenters. The van der Waals surface area contributed by atoms with Crippen molar-refractivity contribution in [2.24, 2.45) is 0 Å². The molecule has 1 unspecified atom stereocenters. The fourth-order valence-corrected chi connectivity index (χ4v) is 1.94. The van der Waals surface area contributed by atoms with Crippen molar-refractivity contribution in [2.45, 2.75) is 4.83 Å². The number of nitro groups is 1. The molecule has 0 aliphatic heterocycles. The molecule has 0 N–H and O–H groups in total. The van der Waals surface area contributed by atoms with E-state index in [0.717, 1.165) is 12.1 Å². The number of rotatable bonds is 3. The van der Waals surface area contributed by atoms with Crippen molar-refractivity contribution in [3.8, 4) is 0 Å². The van der Waals surface area contributed by atoms with E-state index in [-0.39, 0.29) is 5.76 Å². The lowest BCUT2D eigenvalue weighted by molar-refractivity contribution is -0.402. The van der Waals surface area contributed by atoms with Crippen LogP contribution < -0.4 is 0 Å². The predicted octanol–water partition coefficient (Wildman–Crippen LogP) is 3.95. The van der Waals surface area contributed by atoms with Crippen molar-refractivity contribution in [1.82, 2.24) is 0 Å². The van der Waals surface area contributed by atoms with Crippen LogP contribution in [0.25, 0.3) is 0 Å². The predicted molar refractivity (Wildman–Crippen MR) is 62.5 cm³/mol. The molecule has 0 fully saturated rings. The van der Waals surface area contributed by atoms with E-state index in [1.54, 1.807) is 0 Å². The number of hydrogen-bond acceptors (Lipinski definition) is 3.